The lowest BCUT2D eigenvalue weighted by atomic mass is 9.91. The number of β-amino-alcohol motifs (C(OH)–C–C–N with tert-alkyl or cyclic N) is 1. The third kappa shape index (κ3) is 2.99. The lowest BCUT2D eigenvalue weighted by Gasteiger charge is -2.46. The molecule has 0 bridgehead atoms. The Bertz CT molecular complexity index is 355. The monoisotopic (exact) mass is 235 g/mol. The van der Waals surface area contributed by atoms with Crippen LogP contribution in [0.3, 0.4) is 0 Å². The molecule has 0 saturated carbocycles. The summed E-state index contributed by atoms with van der Waals surface area (Å²) in [6.45, 7) is 4.70. The predicted molar refractivity (Wildman–Crippen MR) is 68.4 cm³/mol. The summed E-state index contributed by atoms with van der Waals surface area (Å²) in [7, 11) is 1.68. The van der Waals surface area contributed by atoms with Crippen LogP contribution in [0.25, 0.3) is 0 Å². The van der Waals surface area contributed by atoms with E-state index < -0.39 is 5.60 Å². The molecule has 17 heavy (non-hydrogen) atoms. The lowest BCUT2D eigenvalue weighted by molar-refractivity contribution is -0.0986. The Hall–Kier alpha value is -1.06. The first-order chi connectivity index (χ1) is 8.15. The molecule has 0 atom stereocenters. The van der Waals surface area contributed by atoms with Gasteiger partial charge >= 0.3 is 0 Å². The number of methoxy groups -OCH3 is 1. The molecule has 1 aliphatic heterocycles. The Balaban J connectivity index is 1.75. The van der Waals surface area contributed by atoms with Crippen molar-refractivity contribution in [1.82, 2.24) is 4.90 Å². The van der Waals surface area contributed by atoms with Crippen LogP contribution in [0, 0.1) is 0 Å². The summed E-state index contributed by atoms with van der Waals surface area (Å²) in [6, 6.07) is 8.19. The second-order valence-electron chi connectivity index (χ2n) is 4.89. The highest BCUT2D eigenvalue weighted by Crippen LogP contribution is 2.24. The molecule has 1 aromatic carbocycles. The Morgan fingerprint density at radius 2 is 1.94 bits per heavy atom. The molecule has 0 unspecified atom stereocenters. The topological polar surface area (TPSA) is 32.7 Å². The van der Waals surface area contributed by atoms with E-state index in [1.165, 1.54) is 5.56 Å². The maximum atomic E-state index is 9.90. The SMILES string of the molecule is CCC1(O)CN(CCc2ccc(OC)cc2)C1. The summed E-state index contributed by atoms with van der Waals surface area (Å²) in [6.07, 6.45) is 1.88. The second kappa shape index (κ2) is 5.07. The molecule has 1 fully saturated rings. The van der Waals surface area contributed by atoms with Gasteiger partial charge in [-0.2, -0.15) is 0 Å². The van der Waals surface area contributed by atoms with Gasteiger partial charge in [-0.15, -0.1) is 0 Å². The lowest BCUT2D eigenvalue weighted by Crippen LogP contribution is -2.61. The largest absolute Gasteiger partial charge is 0.497 e. The summed E-state index contributed by atoms with van der Waals surface area (Å²) in [5.74, 6) is 0.901. The van der Waals surface area contributed by atoms with Crippen LogP contribution in [0.15, 0.2) is 24.3 Å². The van der Waals surface area contributed by atoms with E-state index in [0.29, 0.717) is 0 Å². The van der Waals surface area contributed by atoms with Gasteiger partial charge in [0, 0.05) is 19.6 Å². The summed E-state index contributed by atoms with van der Waals surface area (Å²) in [5, 5.41) is 9.90. The Morgan fingerprint density at radius 3 is 2.47 bits per heavy atom. The van der Waals surface area contributed by atoms with Crippen LogP contribution in [0.2, 0.25) is 0 Å². The van der Waals surface area contributed by atoms with E-state index >= 15 is 0 Å². The van der Waals surface area contributed by atoms with E-state index in [2.05, 4.69) is 17.0 Å². The number of hydrogen-bond donors (Lipinski definition) is 1. The molecule has 1 aliphatic rings. The molecule has 1 N–H and O–H groups in total. The summed E-state index contributed by atoms with van der Waals surface area (Å²) < 4.78 is 5.13. The van der Waals surface area contributed by atoms with Gasteiger partial charge in [0.15, 0.2) is 0 Å². The van der Waals surface area contributed by atoms with Crippen LogP contribution in [0.4, 0.5) is 0 Å². The zero-order valence-electron chi connectivity index (χ0n) is 10.6. The fraction of sp³-hybridized carbons (Fsp3) is 0.571. The molecule has 0 radical (unpaired) electrons. The van der Waals surface area contributed by atoms with Crippen molar-refractivity contribution < 1.29 is 9.84 Å². The maximum absolute atomic E-state index is 9.90. The molecule has 0 aliphatic carbocycles. The maximum Gasteiger partial charge on any atom is 0.118 e. The van der Waals surface area contributed by atoms with Crippen LogP contribution in [-0.4, -0.2) is 42.4 Å². The van der Waals surface area contributed by atoms with Gasteiger partial charge in [-0.3, -0.25) is 4.90 Å². The standard InChI is InChI=1S/C14H21NO2/c1-3-14(16)10-15(11-14)9-8-12-4-6-13(17-2)7-5-12/h4-7,16H,3,8-11H2,1-2H3. The second-order valence-corrected chi connectivity index (χ2v) is 4.89. The highest BCUT2D eigenvalue weighted by atomic mass is 16.5. The van der Waals surface area contributed by atoms with Crippen LogP contribution < -0.4 is 4.74 Å². The molecule has 1 aromatic rings. The molecule has 2 rings (SSSR count). The first-order valence-corrected chi connectivity index (χ1v) is 6.23. The van der Waals surface area contributed by atoms with Crippen molar-refractivity contribution in [2.45, 2.75) is 25.4 Å². The number of aliphatic hydroxyl groups is 1. The fourth-order valence-electron chi connectivity index (χ4n) is 2.25. The molecule has 0 aromatic heterocycles. The van der Waals surface area contributed by atoms with Gasteiger partial charge < -0.3 is 9.84 Å². The van der Waals surface area contributed by atoms with E-state index in [0.717, 1.165) is 38.2 Å². The molecule has 1 saturated heterocycles. The van der Waals surface area contributed by atoms with Gasteiger partial charge in [0.1, 0.15) is 5.75 Å². The van der Waals surface area contributed by atoms with E-state index in [1.54, 1.807) is 7.11 Å². The highest BCUT2D eigenvalue weighted by molar-refractivity contribution is 5.27. The van der Waals surface area contributed by atoms with E-state index in [1.807, 2.05) is 19.1 Å². The van der Waals surface area contributed by atoms with Gasteiger partial charge in [-0.25, -0.2) is 0 Å². The third-order valence-corrected chi connectivity index (χ3v) is 3.57. The first kappa shape index (κ1) is 12.4. The van der Waals surface area contributed by atoms with Crippen molar-refractivity contribution in [3.8, 4) is 5.75 Å². The van der Waals surface area contributed by atoms with E-state index in [9.17, 15) is 5.11 Å². The van der Waals surface area contributed by atoms with E-state index in [-0.39, 0.29) is 0 Å². The quantitative estimate of drug-likeness (QED) is 0.843. The summed E-state index contributed by atoms with van der Waals surface area (Å²) in [5.41, 5.74) is 0.901. The number of nitrogens with zero attached hydrogens (tertiary/aromatic N) is 1. The minimum absolute atomic E-state index is 0.417. The minimum atomic E-state index is -0.417. The third-order valence-electron chi connectivity index (χ3n) is 3.57. The van der Waals surface area contributed by atoms with Crippen LogP contribution in [0.1, 0.15) is 18.9 Å². The molecule has 0 amide bonds. The molecular weight excluding hydrogens is 214 g/mol. The average molecular weight is 235 g/mol. The van der Waals surface area contributed by atoms with Crippen LogP contribution in [-0.2, 0) is 6.42 Å². The van der Waals surface area contributed by atoms with Crippen LogP contribution >= 0.6 is 0 Å². The molecule has 3 nitrogen and oxygen atoms in total. The number of likely N-dealkylation sites (tertiary alicyclic amines) is 1. The van der Waals surface area contributed by atoms with Gasteiger partial charge in [-0.1, -0.05) is 19.1 Å². The zero-order chi connectivity index (χ0) is 12.3. The Kier molecular flexibility index (Phi) is 3.69. The Labute approximate surface area is 103 Å². The van der Waals surface area contributed by atoms with Gasteiger partial charge in [0.2, 0.25) is 0 Å². The van der Waals surface area contributed by atoms with Gasteiger partial charge in [0.05, 0.1) is 12.7 Å². The molecule has 1 heterocycles. The highest BCUT2D eigenvalue weighted by Gasteiger charge is 2.38. The smallest absolute Gasteiger partial charge is 0.118 e. The molecule has 3 heteroatoms. The molecule has 94 valence electrons. The Morgan fingerprint density at radius 1 is 1.29 bits per heavy atom. The number of rotatable bonds is 5. The van der Waals surface area contributed by atoms with Crippen molar-refractivity contribution in [1.29, 1.82) is 0 Å². The van der Waals surface area contributed by atoms with Crippen molar-refractivity contribution in [3.63, 3.8) is 0 Å². The number of benzene rings is 1. The predicted octanol–water partition coefficient (Wildman–Crippen LogP) is 1.69. The molecule has 0 spiro atoms. The summed E-state index contributed by atoms with van der Waals surface area (Å²) in [4.78, 5) is 2.30. The normalized spacial score (nSPS) is 18.8. The van der Waals surface area contributed by atoms with Crippen molar-refractivity contribution in [2.24, 2.45) is 0 Å². The summed E-state index contributed by atoms with van der Waals surface area (Å²) >= 11 is 0. The van der Waals surface area contributed by atoms with Gasteiger partial charge in [-0.05, 0) is 30.5 Å². The van der Waals surface area contributed by atoms with E-state index in [4.69, 9.17) is 4.74 Å². The number of hydrogen-bond acceptors (Lipinski definition) is 3. The van der Waals surface area contributed by atoms with Crippen molar-refractivity contribution >= 4 is 0 Å². The van der Waals surface area contributed by atoms with Gasteiger partial charge in [0.25, 0.3) is 0 Å². The average Bonchev–Trinajstić information content (AvgIpc) is 2.34. The minimum Gasteiger partial charge on any atom is -0.497 e. The van der Waals surface area contributed by atoms with Crippen LogP contribution in [0.5, 0.6) is 5.75 Å². The zero-order valence-corrected chi connectivity index (χ0v) is 10.6. The number of ether oxygens (including phenoxy) is 1. The molecular formula is C14H21NO2. The first-order valence-electron chi connectivity index (χ1n) is 6.23. The van der Waals surface area contributed by atoms with Crippen molar-refractivity contribution in [3.05, 3.63) is 29.8 Å². The fourth-order valence-corrected chi connectivity index (χ4v) is 2.25. The van der Waals surface area contributed by atoms with Crippen molar-refractivity contribution in [2.75, 3.05) is 26.7 Å².